The average Bonchev–Trinajstić information content (AvgIpc) is 2.48. The summed E-state index contributed by atoms with van der Waals surface area (Å²) >= 11 is 0. The lowest BCUT2D eigenvalue weighted by atomic mass is 9.99. The van der Waals surface area contributed by atoms with Gasteiger partial charge in [-0.2, -0.15) is 0 Å². The third-order valence-corrected chi connectivity index (χ3v) is 3.15. The fourth-order valence-corrected chi connectivity index (χ4v) is 1.95. The van der Waals surface area contributed by atoms with Crippen molar-refractivity contribution in [2.75, 3.05) is 6.61 Å². The second kappa shape index (κ2) is 6.33. The first-order valence-corrected chi connectivity index (χ1v) is 6.15. The van der Waals surface area contributed by atoms with Gasteiger partial charge in [0.1, 0.15) is 30.2 Å². The Morgan fingerprint density at radius 1 is 1.14 bits per heavy atom. The molecule has 1 heterocycles. The van der Waals surface area contributed by atoms with E-state index in [1.165, 1.54) is 24.3 Å². The van der Waals surface area contributed by atoms with E-state index in [9.17, 15) is 25.4 Å². The molecule has 21 heavy (non-hydrogen) atoms. The zero-order valence-electron chi connectivity index (χ0n) is 10.8. The highest BCUT2D eigenvalue weighted by Crippen LogP contribution is 2.25. The molecule has 0 radical (unpaired) electrons. The van der Waals surface area contributed by atoms with Crippen LogP contribution in [0.4, 0.5) is 5.69 Å². The number of hydrogen-bond donors (Lipinski definition) is 4. The lowest BCUT2D eigenvalue weighted by Crippen LogP contribution is -2.60. The Bertz CT molecular complexity index is 491. The van der Waals surface area contributed by atoms with E-state index < -0.39 is 42.2 Å². The Hall–Kier alpha value is -1.78. The third kappa shape index (κ3) is 3.28. The first-order chi connectivity index (χ1) is 9.93. The predicted octanol–water partition coefficient (Wildman–Crippen LogP) is -1.23. The quantitative estimate of drug-likeness (QED) is 0.400. The SMILES string of the molecule is O=[N+]([O-])c1ccc(OC2O[C@H](CO)[C@@H](O)C(O)C2O)cc1. The molecule has 0 spiro atoms. The molecule has 0 saturated carbocycles. The molecule has 1 aromatic carbocycles. The van der Waals surface area contributed by atoms with Crippen molar-refractivity contribution in [1.29, 1.82) is 0 Å². The fourth-order valence-electron chi connectivity index (χ4n) is 1.95. The molecule has 116 valence electrons. The summed E-state index contributed by atoms with van der Waals surface area (Å²) in [6, 6.07) is 5.03. The highest BCUT2D eigenvalue weighted by atomic mass is 16.7. The van der Waals surface area contributed by atoms with Crippen LogP contribution in [0.15, 0.2) is 24.3 Å². The number of nitrogens with zero attached hydrogens (tertiary/aromatic N) is 1. The topological polar surface area (TPSA) is 143 Å². The zero-order valence-corrected chi connectivity index (χ0v) is 10.8. The van der Waals surface area contributed by atoms with Crippen LogP contribution in [-0.4, -0.2) is 62.7 Å². The number of non-ortho nitro benzene ring substituents is 1. The van der Waals surface area contributed by atoms with Crippen molar-refractivity contribution in [3.8, 4) is 5.75 Å². The molecule has 1 aliphatic rings. The maximum Gasteiger partial charge on any atom is 0.269 e. The minimum absolute atomic E-state index is 0.129. The van der Waals surface area contributed by atoms with Crippen LogP contribution in [0.1, 0.15) is 0 Å². The van der Waals surface area contributed by atoms with E-state index in [4.69, 9.17) is 14.6 Å². The van der Waals surface area contributed by atoms with Crippen LogP contribution in [0.25, 0.3) is 0 Å². The summed E-state index contributed by atoms with van der Waals surface area (Å²) in [6.45, 7) is -0.564. The van der Waals surface area contributed by atoms with Crippen molar-refractivity contribution in [1.82, 2.24) is 0 Å². The molecule has 5 atom stereocenters. The number of nitro groups is 1. The Morgan fingerprint density at radius 3 is 2.29 bits per heavy atom. The molecule has 0 amide bonds. The molecule has 3 unspecified atom stereocenters. The second-order valence-electron chi connectivity index (χ2n) is 4.57. The molecule has 9 nitrogen and oxygen atoms in total. The maximum absolute atomic E-state index is 10.5. The molecule has 2 rings (SSSR count). The van der Waals surface area contributed by atoms with Gasteiger partial charge in [-0.1, -0.05) is 0 Å². The van der Waals surface area contributed by atoms with Crippen molar-refractivity contribution < 1.29 is 34.8 Å². The lowest BCUT2D eigenvalue weighted by Gasteiger charge is -2.39. The van der Waals surface area contributed by atoms with Gasteiger partial charge in [0.05, 0.1) is 11.5 Å². The smallest absolute Gasteiger partial charge is 0.269 e. The van der Waals surface area contributed by atoms with Gasteiger partial charge < -0.3 is 29.9 Å². The summed E-state index contributed by atoms with van der Waals surface area (Å²) in [4.78, 5) is 9.95. The second-order valence-corrected chi connectivity index (χ2v) is 4.57. The zero-order chi connectivity index (χ0) is 15.6. The molecular formula is C12H15NO8. The van der Waals surface area contributed by atoms with Crippen LogP contribution in [0, 0.1) is 10.1 Å². The molecule has 0 aromatic heterocycles. The summed E-state index contributed by atoms with van der Waals surface area (Å²) < 4.78 is 10.4. The van der Waals surface area contributed by atoms with Gasteiger partial charge in [0, 0.05) is 12.1 Å². The molecule has 0 bridgehead atoms. The average molecular weight is 301 g/mol. The van der Waals surface area contributed by atoms with Crippen LogP contribution in [0.3, 0.4) is 0 Å². The predicted molar refractivity (Wildman–Crippen MR) is 67.5 cm³/mol. The van der Waals surface area contributed by atoms with Crippen LogP contribution in [0.5, 0.6) is 5.75 Å². The van der Waals surface area contributed by atoms with E-state index >= 15 is 0 Å². The van der Waals surface area contributed by atoms with Gasteiger partial charge in [0.2, 0.25) is 6.29 Å². The highest BCUT2D eigenvalue weighted by Gasteiger charge is 2.44. The molecule has 4 N–H and O–H groups in total. The minimum atomic E-state index is -1.54. The first kappa shape index (κ1) is 15.6. The summed E-state index contributed by atoms with van der Waals surface area (Å²) in [7, 11) is 0. The maximum atomic E-state index is 10.5. The van der Waals surface area contributed by atoms with Crippen molar-refractivity contribution in [3.05, 3.63) is 34.4 Å². The van der Waals surface area contributed by atoms with E-state index in [0.29, 0.717) is 0 Å². The molecule has 1 aliphatic heterocycles. The van der Waals surface area contributed by atoms with Gasteiger partial charge in [0.15, 0.2) is 0 Å². The highest BCUT2D eigenvalue weighted by molar-refractivity contribution is 5.36. The largest absolute Gasteiger partial charge is 0.462 e. The Kier molecular flexibility index (Phi) is 4.70. The van der Waals surface area contributed by atoms with Gasteiger partial charge in [0.25, 0.3) is 5.69 Å². The number of aliphatic hydroxyl groups is 4. The third-order valence-electron chi connectivity index (χ3n) is 3.15. The molecule has 1 fully saturated rings. The summed E-state index contributed by atoms with van der Waals surface area (Å²) in [5.74, 6) is 0.171. The van der Waals surface area contributed by atoms with E-state index in [-0.39, 0.29) is 11.4 Å². The number of ether oxygens (including phenoxy) is 2. The molecule has 0 aliphatic carbocycles. The first-order valence-electron chi connectivity index (χ1n) is 6.15. The summed E-state index contributed by atoms with van der Waals surface area (Å²) in [5.41, 5.74) is -0.129. The number of aliphatic hydroxyl groups excluding tert-OH is 4. The normalized spacial score (nSPS) is 32.7. The van der Waals surface area contributed by atoms with Crippen molar-refractivity contribution in [2.45, 2.75) is 30.7 Å². The minimum Gasteiger partial charge on any atom is -0.462 e. The monoisotopic (exact) mass is 301 g/mol. The fraction of sp³-hybridized carbons (Fsp3) is 0.500. The molecule has 1 saturated heterocycles. The molecular weight excluding hydrogens is 286 g/mol. The number of nitro benzene ring substituents is 1. The van der Waals surface area contributed by atoms with Crippen LogP contribution in [-0.2, 0) is 4.74 Å². The lowest BCUT2D eigenvalue weighted by molar-refractivity contribution is -0.384. The Morgan fingerprint density at radius 2 is 1.76 bits per heavy atom. The summed E-state index contributed by atoms with van der Waals surface area (Å²) in [6.07, 6.45) is -6.94. The van der Waals surface area contributed by atoms with Crippen LogP contribution >= 0.6 is 0 Å². The number of benzene rings is 1. The molecule has 1 aromatic rings. The van der Waals surface area contributed by atoms with Crippen molar-refractivity contribution >= 4 is 5.69 Å². The van der Waals surface area contributed by atoms with E-state index in [2.05, 4.69) is 0 Å². The van der Waals surface area contributed by atoms with Crippen molar-refractivity contribution in [3.63, 3.8) is 0 Å². The van der Waals surface area contributed by atoms with Gasteiger partial charge in [-0.05, 0) is 12.1 Å². The van der Waals surface area contributed by atoms with Gasteiger partial charge >= 0.3 is 0 Å². The van der Waals surface area contributed by atoms with Crippen LogP contribution < -0.4 is 4.74 Å². The van der Waals surface area contributed by atoms with Gasteiger partial charge in [-0.3, -0.25) is 10.1 Å². The molecule has 9 heteroatoms. The van der Waals surface area contributed by atoms with Crippen LogP contribution in [0.2, 0.25) is 0 Å². The van der Waals surface area contributed by atoms with Gasteiger partial charge in [-0.15, -0.1) is 0 Å². The number of hydrogen-bond acceptors (Lipinski definition) is 8. The Balaban J connectivity index is 2.08. The van der Waals surface area contributed by atoms with Gasteiger partial charge in [-0.25, -0.2) is 0 Å². The van der Waals surface area contributed by atoms with E-state index in [1.54, 1.807) is 0 Å². The van der Waals surface area contributed by atoms with Crippen molar-refractivity contribution in [2.24, 2.45) is 0 Å². The number of rotatable bonds is 4. The summed E-state index contributed by atoms with van der Waals surface area (Å²) in [5, 5.41) is 48.6. The standard InChI is InChI=1S/C12H15NO8/c14-5-8-9(15)10(16)11(17)12(21-8)20-7-3-1-6(2-4-7)13(18)19/h1-4,8-12,14-17H,5H2/t8-,9-,10?,11?,12?/m1/s1. The Labute approximate surface area is 119 Å². The van der Waals surface area contributed by atoms with E-state index in [1.807, 2.05) is 0 Å². The van der Waals surface area contributed by atoms with E-state index in [0.717, 1.165) is 0 Å².